The summed E-state index contributed by atoms with van der Waals surface area (Å²) in [4.78, 5) is 12.2. The van der Waals surface area contributed by atoms with E-state index in [4.69, 9.17) is 11.6 Å². The molecule has 2 aromatic rings. The van der Waals surface area contributed by atoms with Crippen molar-refractivity contribution in [2.75, 3.05) is 28.7 Å². The largest absolute Gasteiger partial charge is 0.416 e. The normalized spacial score (nSPS) is 12.1. The number of anilines is 2. The third-order valence-electron chi connectivity index (χ3n) is 3.06. The molecule has 1 aromatic heterocycles. The van der Waals surface area contributed by atoms with Gasteiger partial charge in [-0.2, -0.15) is 13.2 Å². The van der Waals surface area contributed by atoms with Gasteiger partial charge in [0.15, 0.2) is 4.34 Å². The van der Waals surface area contributed by atoms with Crippen LogP contribution in [0, 0.1) is 0 Å². The average Bonchev–Trinajstić information content (AvgIpc) is 2.99. The summed E-state index contributed by atoms with van der Waals surface area (Å²) < 4.78 is 64.0. The van der Waals surface area contributed by atoms with Gasteiger partial charge in [0, 0.05) is 0 Å². The molecule has 0 bridgehead atoms. The summed E-state index contributed by atoms with van der Waals surface area (Å²) in [6.07, 6.45) is -2.19. The Morgan fingerprint density at radius 3 is 2.56 bits per heavy atom. The van der Waals surface area contributed by atoms with Crippen molar-refractivity contribution in [3.8, 4) is 0 Å². The number of nitrogens with zero attached hydrogens (tertiary/aromatic N) is 3. The van der Waals surface area contributed by atoms with Crippen LogP contribution in [0.1, 0.15) is 5.56 Å². The zero-order chi connectivity index (χ0) is 20.4. The van der Waals surface area contributed by atoms with Crippen LogP contribution in [0.25, 0.3) is 0 Å². The predicted molar refractivity (Wildman–Crippen MR) is 99.0 cm³/mol. The zero-order valence-corrected chi connectivity index (χ0v) is 16.9. The molecule has 0 aliphatic rings. The molecule has 0 aliphatic heterocycles. The first kappa shape index (κ1) is 21.7. The molecule has 0 saturated carbocycles. The lowest BCUT2D eigenvalue weighted by Gasteiger charge is -2.23. The number of sulfonamides is 1. The van der Waals surface area contributed by atoms with Crippen molar-refractivity contribution in [3.63, 3.8) is 0 Å². The molecule has 1 heterocycles. The summed E-state index contributed by atoms with van der Waals surface area (Å²) >= 11 is 8.25. The maximum Gasteiger partial charge on any atom is 0.416 e. The molecule has 0 fully saturated rings. The fraction of sp³-hybridized carbons (Fsp3) is 0.308. The molecular weight excluding hydrogens is 449 g/mol. The Kier molecular flexibility index (Phi) is 6.60. The second-order valence-corrected chi connectivity index (χ2v) is 9.40. The van der Waals surface area contributed by atoms with E-state index in [1.165, 1.54) is 11.8 Å². The Hall–Kier alpha value is -1.57. The second kappa shape index (κ2) is 8.20. The fourth-order valence-electron chi connectivity index (χ4n) is 1.89. The second-order valence-electron chi connectivity index (χ2n) is 5.06. The number of alkyl halides is 3. The summed E-state index contributed by atoms with van der Waals surface area (Å²) in [5.74, 6) is -0.808. The molecule has 0 unspecified atom stereocenters. The number of amides is 1. The molecular formula is C13H12ClF3N4O3S3. The number of carbonyl (C=O) groups excluding carboxylic acids is 1. The van der Waals surface area contributed by atoms with E-state index in [0.717, 1.165) is 29.7 Å². The Labute approximate surface area is 166 Å². The number of halogens is 4. The SMILES string of the molecule is CSc1nnc(NC(=O)CN(c2cc(C(F)(F)F)ccc2Cl)S(C)(=O)=O)s1. The van der Waals surface area contributed by atoms with Crippen LogP contribution in [0.3, 0.4) is 0 Å². The molecule has 7 nitrogen and oxygen atoms in total. The Morgan fingerprint density at radius 2 is 2.04 bits per heavy atom. The summed E-state index contributed by atoms with van der Waals surface area (Å²) in [5.41, 5.74) is -1.55. The third-order valence-corrected chi connectivity index (χ3v) is 6.32. The van der Waals surface area contributed by atoms with Crippen molar-refractivity contribution in [1.29, 1.82) is 0 Å². The van der Waals surface area contributed by atoms with Crippen LogP contribution in [0.2, 0.25) is 5.02 Å². The topological polar surface area (TPSA) is 92.3 Å². The maximum atomic E-state index is 12.9. The van der Waals surface area contributed by atoms with E-state index in [0.29, 0.717) is 14.7 Å². The first-order chi connectivity index (χ1) is 12.4. The number of hydrogen-bond donors (Lipinski definition) is 1. The average molecular weight is 461 g/mol. The molecule has 27 heavy (non-hydrogen) atoms. The number of carbonyl (C=O) groups is 1. The van der Waals surface area contributed by atoms with Gasteiger partial charge in [-0.3, -0.25) is 14.4 Å². The number of hydrogen-bond acceptors (Lipinski definition) is 7. The molecule has 0 aliphatic carbocycles. The van der Waals surface area contributed by atoms with E-state index < -0.39 is 39.9 Å². The van der Waals surface area contributed by atoms with E-state index in [-0.39, 0.29) is 10.2 Å². The van der Waals surface area contributed by atoms with Gasteiger partial charge in [-0.05, 0) is 24.5 Å². The fourth-order valence-corrected chi connectivity index (χ4v) is 4.21. The van der Waals surface area contributed by atoms with Crippen molar-refractivity contribution in [3.05, 3.63) is 28.8 Å². The van der Waals surface area contributed by atoms with Crippen molar-refractivity contribution in [2.24, 2.45) is 0 Å². The van der Waals surface area contributed by atoms with Crippen LogP contribution >= 0.6 is 34.7 Å². The molecule has 0 spiro atoms. The molecule has 1 N–H and O–H groups in total. The van der Waals surface area contributed by atoms with Crippen LogP contribution in [0.15, 0.2) is 22.5 Å². The highest BCUT2D eigenvalue weighted by atomic mass is 35.5. The predicted octanol–water partition coefficient (Wildman–Crippen LogP) is 3.34. The van der Waals surface area contributed by atoms with Gasteiger partial charge in [0.2, 0.25) is 21.1 Å². The first-order valence-corrected chi connectivity index (χ1v) is 11.2. The van der Waals surface area contributed by atoms with Crippen molar-refractivity contribution >= 4 is 61.4 Å². The minimum atomic E-state index is -4.70. The molecule has 1 aromatic carbocycles. The molecule has 148 valence electrons. The van der Waals surface area contributed by atoms with E-state index in [1.807, 2.05) is 0 Å². The lowest BCUT2D eigenvalue weighted by Crippen LogP contribution is -2.37. The Bertz CT molecular complexity index is 950. The van der Waals surface area contributed by atoms with Crippen LogP contribution in [0.4, 0.5) is 24.0 Å². The highest BCUT2D eigenvalue weighted by molar-refractivity contribution is 8.00. The van der Waals surface area contributed by atoms with E-state index >= 15 is 0 Å². The van der Waals surface area contributed by atoms with Gasteiger partial charge in [0.05, 0.1) is 22.5 Å². The van der Waals surface area contributed by atoms with Crippen LogP contribution in [0.5, 0.6) is 0 Å². The molecule has 2 rings (SSSR count). The van der Waals surface area contributed by atoms with Crippen molar-refractivity contribution in [2.45, 2.75) is 10.5 Å². The molecule has 0 radical (unpaired) electrons. The summed E-state index contributed by atoms with van der Waals surface area (Å²) in [5, 5.41) is 9.71. The van der Waals surface area contributed by atoms with Gasteiger partial charge in [-0.15, -0.1) is 10.2 Å². The molecule has 14 heteroatoms. The van der Waals surface area contributed by atoms with E-state index in [1.54, 1.807) is 6.26 Å². The van der Waals surface area contributed by atoms with Gasteiger partial charge in [-0.1, -0.05) is 34.7 Å². The lowest BCUT2D eigenvalue weighted by atomic mass is 10.2. The van der Waals surface area contributed by atoms with E-state index in [2.05, 4.69) is 15.5 Å². The summed E-state index contributed by atoms with van der Waals surface area (Å²) in [7, 11) is -4.11. The van der Waals surface area contributed by atoms with Gasteiger partial charge < -0.3 is 0 Å². The number of aromatic nitrogens is 2. The van der Waals surface area contributed by atoms with Gasteiger partial charge in [0.25, 0.3) is 0 Å². The van der Waals surface area contributed by atoms with Crippen molar-refractivity contribution in [1.82, 2.24) is 10.2 Å². The maximum absolute atomic E-state index is 12.9. The van der Waals surface area contributed by atoms with Crippen molar-refractivity contribution < 1.29 is 26.4 Å². The minimum Gasteiger partial charge on any atom is -0.299 e. The monoisotopic (exact) mass is 460 g/mol. The quantitative estimate of drug-likeness (QED) is 0.525. The Morgan fingerprint density at radius 1 is 1.37 bits per heavy atom. The summed E-state index contributed by atoms with van der Waals surface area (Å²) in [6, 6.07) is 2.22. The molecule has 0 atom stereocenters. The lowest BCUT2D eigenvalue weighted by molar-refractivity contribution is -0.137. The van der Waals surface area contributed by atoms with Gasteiger partial charge in [0.1, 0.15) is 6.54 Å². The van der Waals surface area contributed by atoms with Gasteiger partial charge >= 0.3 is 6.18 Å². The standard InChI is InChI=1S/C13H12ClF3N4O3S3/c1-25-12-20-19-11(26-12)18-10(22)6-21(27(2,23)24)9-5-7(13(15,16)17)3-4-8(9)14/h3-5H,6H2,1-2H3,(H,18,19,22). The summed E-state index contributed by atoms with van der Waals surface area (Å²) in [6.45, 7) is -0.784. The number of benzene rings is 1. The minimum absolute atomic E-state index is 0.132. The smallest absolute Gasteiger partial charge is 0.299 e. The van der Waals surface area contributed by atoms with Crippen LogP contribution < -0.4 is 9.62 Å². The van der Waals surface area contributed by atoms with Crippen LogP contribution in [-0.2, 0) is 21.0 Å². The zero-order valence-electron chi connectivity index (χ0n) is 13.7. The molecule has 1 amide bonds. The van der Waals surface area contributed by atoms with Crippen LogP contribution in [-0.4, -0.2) is 43.6 Å². The number of nitrogens with one attached hydrogen (secondary N) is 1. The van der Waals surface area contributed by atoms with Gasteiger partial charge in [-0.25, -0.2) is 8.42 Å². The first-order valence-electron chi connectivity index (χ1n) is 6.93. The number of thioether (sulfide) groups is 1. The number of rotatable bonds is 6. The Balaban J connectivity index is 2.32. The molecule has 0 saturated heterocycles. The highest BCUT2D eigenvalue weighted by Crippen LogP contribution is 2.36. The highest BCUT2D eigenvalue weighted by Gasteiger charge is 2.33. The van der Waals surface area contributed by atoms with E-state index in [9.17, 15) is 26.4 Å². The third kappa shape index (κ3) is 5.70.